The normalized spacial score (nSPS) is 10.8. The van der Waals surface area contributed by atoms with E-state index in [1.54, 1.807) is 24.5 Å². The van der Waals surface area contributed by atoms with Gasteiger partial charge in [0, 0.05) is 16.9 Å². The fourth-order valence-electron chi connectivity index (χ4n) is 2.80. The maximum Gasteiger partial charge on any atom is 0.180 e. The molecule has 0 spiro atoms. The number of thiophene rings is 1. The quantitative estimate of drug-likeness (QED) is 0.533. The number of rotatable bonds is 9. The molecule has 0 bridgehead atoms. The lowest BCUT2D eigenvalue weighted by Crippen LogP contribution is -2.83. The molecular formula is C21H22ClFNO2S+. The number of hydrogen-bond acceptors (Lipinski definition) is 3. The van der Waals surface area contributed by atoms with E-state index >= 15 is 0 Å². The molecule has 6 heteroatoms. The molecule has 0 aliphatic rings. The number of hydrogen-bond donors (Lipinski definition) is 1. The first kappa shape index (κ1) is 19.7. The van der Waals surface area contributed by atoms with E-state index in [9.17, 15) is 4.39 Å². The van der Waals surface area contributed by atoms with Crippen LogP contribution >= 0.6 is 22.9 Å². The van der Waals surface area contributed by atoms with Gasteiger partial charge in [0.2, 0.25) is 0 Å². The average molecular weight is 407 g/mol. The Kier molecular flexibility index (Phi) is 7.10. The summed E-state index contributed by atoms with van der Waals surface area (Å²) in [7, 11) is 1.61. The molecule has 0 fully saturated rings. The number of benzene rings is 2. The molecule has 2 aromatic carbocycles. The molecule has 3 nitrogen and oxygen atoms in total. The summed E-state index contributed by atoms with van der Waals surface area (Å²) in [6, 6.07) is 14.7. The molecule has 0 saturated heterocycles. The number of nitrogens with two attached hydrogens (primary N) is 1. The van der Waals surface area contributed by atoms with Crippen LogP contribution < -0.4 is 14.8 Å². The van der Waals surface area contributed by atoms with Gasteiger partial charge in [-0.25, -0.2) is 4.39 Å². The highest BCUT2D eigenvalue weighted by molar-refractivity contribution is 7.09. The van der Waals surface area contributed by atoms with Gasteiger partial charge in [0.25, 0.3) is 0 Å². The third-order valence-corrected chi connectivity index (χ3v) is 5.31. The van der Waals surface area contributed by atoms with E-state index in [0.29, 0.717) is 29.5 Å². The van der Waals surface area contributed by atoms with Crippen LogP contribution in [-0.4, -0.2) is 13.7 Å². The molecule has 0 amide bonds. The van der Waals surface area contributed by atoms with Crippen molar-refractivity contribution in [3.63, 3.8) is 0 Å². The highest BCUT2D eigenvalue weighted by Crippen LogP contribution is 2.37. The first-order valence-corrected chi connectivity index (χ1v) is 10.00. The number of halogens is 2. The summed E-state index contributed by atoms with van der Waals surface area (Å²) in [5, 5.41) is 4.67. The van der Waals surface area contributed by atoms with Gasteiger partial charge >= 0.3 is 0 Å². The third kappa shape index (κ3) is 5.45. The predicted molar refractivity (Wildman–Crippen MR) is 107 cm³/mol. The lowest BCUT2D eigenvalue weighted by atomic mass is 10.1. The van der Waals surface area contributed by atoms with Gasteiger partial charge in [0.1, 0.15) is 19.0 Å². The third-order valence-electron chi connectivity index (χ3n) is 4.18. The lowest BCUT2D eigenvalue weighted by Gasteiger charge is -2.13. The molecule has 0 aliphatic carbocycles. The number of quaternary nitrogens is 1. The Balaban J connectivity index is 1.57. The fourth-order valence-corrected chi connectivity index (χ4v) is 3.70. The van der Waals surface area contributed by atoms with E-state index in [1.165, 1.54) is 6.07 Å². The largest absolute Gasteiger partial charge is 0.493 e. The molecule has 1 aromatic heterocycles. The molecule has 2 N–H and O–H groups in total. The molecule has 0 aliphatic heterocycles. The Bertz CT molecular complexity index is 871. The average Bonchev–Trinajstić information content (AvgIpc) is 3.19. The smallest absolute Gasteiger partial charge is 0.180 e. The predicted octanol–water partition coefficient (Wildman–Crippen LogP) is 4.43. The van der Waals surface area contributed by atoms with Crippen molar-refractivity contribution in [2.24, 2.45) is 0 Å². The number of methoxy groups -OCH3 is 1. The Labute approximate surface area is 167 Å². The number of ether oxygens (including phenoxy) is 2. The Morgan fingerprint density at radius 3 is 2.74 bits per heavy atom. The molecule has 0 unspecified atom stereocenters. The van der Waals surface area contributed by atoms with Crippen LogP contribution in [0.3, 0.4) is 0 Å². The van der Waals surface area contributed by atoms with Gasteiger partial charge in [0.15, 0.2) is 11.5 Å². The minimum absolute atomic E-state index is 0.150. The van der Waals surface area contributed by atoms with Crippen molar-refractivity contribution in [1.82, 2.24) is 0 Å². The van der Waals surface area contributed by atoms with Gasteiger partial charge in [-0.3, -0.25) is 0 Å². The molecule has 142 valence electrons. The standard InChI is InChI=1S/C21H21ClFNO2S/c1-25-20-12-15(13-24-9-8-16-5-2-3-7-19(16)23)11-18(22)21(20)26-14-17-6-4-10-27-17/h2-7,10-12,24H,8-9,13-14H2,1H3/p+1. The van der Waals surface area contributed by atoms with Crippen molar-refractivity contribution in [2.45, 2.75) is 19.6 Å². The van der Waals surface area contributed by atoms with Crippen LogP contribution in [0.15, 0.2) is 53.9 Å². The second-order valence-electron chi connectivity index (χ2n) is 6.10. The van der Waals surface area contributed by atoms with E-state index in [1.807, 2.05) is 41.8 Å². The van der Waals surface area contributed by atoms with Crippen LogP contribution in [0.25, 0.3) is 0 Å². The van der Waals surface area contributed by atoms with Gasteiger partial charge in [0.05, 0.1) is 18.7 Å². The van der Waals surface area contributed by atoms with Gasteiger partial charge in [-0.05, 0) is 35.2 Å². The first-order chi connectivity index (χ1) is 13.2. The molecule has 0 saturated carbocycles. The molecular weight excluding hydrogens is 385 g/mol. The second-order valence-corrected chi connectivity index (χ2v) is 7.54. The monoisotopic (exact) mass is 406 g/mol. The zero-order valence-electron chi connectivity index (χ0n) is 15.1. The van der Waals surface area contributed by atoms with E-state index in [0.717, 1.165) is 29.1 Å². The zero-order chi connectivity index (χ0) is 19.1. The maximum absolute atomic E-state index is 13.6. The lowest BCUT2D eigenvalue weighted by molar-refractivity contribution is -0.670. The highest BCUT2D eigenvalue weighted by Gasteiger charge is 2.13. The molecule has 3 rings (SSSR count). The Morgan fingerprint density at radius 2 is 2.00 bits per heavy atom. The van der Waals surface area contributed by atoms with Gasteiger partial charge in [-0.15, -0.1) is 11.3 Å². The summed E-state index contributed by atoms with van der Waals surface area (Å²) < 4.78 is 25.0. The van der Waals surface area contributed by atoms with Crippen molar-refractivity contribution < 1.29 is 19.2 Å². The van der Waals surface area contributed by atoms with Crippen LogP contribution in [0, 0.1) is 5.82 Å². The molecule has 27 heavy (non-hydrogen) atoms. The highest BCUT2D eigenvalue weighted by atomic mass is 35.5. The second kappa shape index (κ2) is 9.74. The Hall–Kier alpha value is -2.08. The van der Waals surface area contributed by atoms with Crippen LogP contribution in [-0.2, 0) is 19.6 Å². The van der Waals surface area contributed by atoms with Gasteiger partial charge < -0.3 is 14.8 Å². The molecule has 1 heterocycles. The van der Waals surface area contributed by atoms with E-state index < -0.39 is 0 Å². The summed E-state index contributed by atoms with van der Waals surface area (Å²) in [6.45, 7) is 1.98. The molecule has 0 radical (unpaired) electrons. The van der Waals surface area contributed by atoms with Crippen molar-refractivity contribution >= 4 is 22.9 Å². The zero-order valence-corrected chi connectivity index (χ0v) is 16.7. The van der Waals surface area contributed by atoms with Crippen LogP contribution in [0.1, 0.15) is 16.0 Å². The van der Waals surface area contributed by atoms with Crippen LogP contribution in [0.2, 0.25) is 5.02 Å². The van der Waals surface area contributed by atoms with Crippen molar-refractivity contribution in [1.29, 1.82) is 0 Å². The minimum atomic E-state index is -0.150. The van der Waals surface area contributed by atoms with E-state index in [-0.39, 0.29) is 5.82 Å². The summed E-state index contributed by atoms with van der Waals surface area (Å²) in [4.78, 5) is 1.12. The SMILES string of the molecule is COc1cc(C[NH2+]CCc2ccccc2F)cc(Cl)c1OCc1cccs1. The van der Waals surface area contributed by atoms with E-state index in [4.69, 9.17) is 21.1 Å². The first-order valence-electron chi connectivity index (χ1n) is 8.74. The fraction of sp³-hybridized carbons (Fsp3) is 0.238. The summed E-state index contributed by atoms with van der Waals surface area (Å²) in [5.74, 6) is 1.03. The van der Waals surface area contributed by atoms with Crippen LogP contribution in [0.4, 0.5) is 4.39 Å². The van der Waals surface area contributed by atoms with Crippen molar-refractivity contribution in [3.05, 3.63) is 80.8 Å². The summed E-state index contributed by atoms with van der Waals surface area (Å²) in [5.41, 5.74) is 1.77. The summed E-state index contributed by atoms with van der Waals surface area (Å²) in [6.07, 6.45) is 0.680. The Morgan fingerprint density at radius 1 is 1.15 bits per heavy atom. The van der Waals surface area contributed by atoms with E-state index in [2.05, 4.69) is 5.32 Å². The van der Waals surface area contributed by atoms with Gasteiger partial charge in [-0.1, -0.05) is 35.9 Å². The minimum Gasteiger partial charge on any atom is -0.493 e. The van der Waals surface area contributed by atoms with Crippen molar-refractivity contribution in [2.75, 3.05) is 13.7 Å². The summed E-state index contributed by atoms with van der Waals surface area (Å²) >= 11 is 8.05. The molecule has 0 atom stereocenters. The maximum atomic E-state index is 13.6. The molecule has 3 aromatic rings. The van der Waals surface area contributed by atoms with Gasteiger partial charge in [-0.2, -0.15) is 0 Å². The van der Waals surface area contributed by atoms with Crippen LogP contribution in [0.5, 0.6) is 11.5 Å². The van der Waals surface area contributed by atoms with Crippen molar-refractivity contribution in [3.8, 4) is 11.5 Å². The topological polar surface area (TPSA) is 35.1 Å².